The number of alkyl halides is 3. The minimum atomic E-state index is -4.77. The van der Waals surface area contributed by atoms with Crippen LogP contribution < -0.4 is 4.74 Å². The van der Waals surface area contributed by atoms with Gasteiger partial charge in [-0.05, 0) is 113 Å². The molecule has 1 aromatic rings. The van der Waals surface area contributed by atoms with E-state index in [1.807, 2.05) is 0 Å². The summed E-state index contributed by atoms with van der Waals surface area (Å²) in [6.07, 6.45) is 11.2. The van der Waals surface area contributed by atoms with E-state index in [1.54, 1.807) is 0 Å². The maximum atomic E-state index is 13.8. The number of benzene rings is 1. The molecule has 1 aromatic carbocycles. The van der Waals surface area contributed by atoms with Crippen LogP contribution in [-0.4, -0.2) is 5.97 Å². The summed E-state index contributed by atoms with van der Waals surface area (Å²) in [4.78, 5) is 12.5. The Kier molecular flexibility index (Phi) is 7.49. The molecule has 0 spiro atoms. The summed E-state index contributed by atoms with van der Waals surface area (Å²) in [5, 5.41) is 0. The first-order valence-corrected chi connectivity index (χ1v) is 12.5. The van der Waals surface area contributed by atoms with Crippen LogP contribution >= 0.6 is 0 Å². The van der Waals surface area contributed by atoms with E-state index in [0.717, 1.165) is 55.4 Å². The molecule has 0 heterocycles. The number of fused-ring (bicyclic) bond motifs is 1. The van der Waals surface area contributed by atoms with Crippen molar-refractivity contribution in [2.75, 3.05) is 0 Å². The minimum absolute atomic E-state index is 0.167. The lowest BCUT2D eigenvalue weighted by molar-refractivity contribution is -0.140. The molecular weight excluding hydrogens is 432 g/mol. The molecule has 0 amide bonds. The van der Waals surface area contributed by atoms with E-state index in [2.05, 4.69) is 19.1 Å². The number of ether oxygens (including phenoxy) is 1. The molecule has 0 bridgehead atoms. The Bertz CT molecular complexity index is 854. The monoisotopic (exact) mass is 466 g/mol. The van der Waals surface area contributed by atoms with Crippen LogP contribution in [0.5, 0.6) is 5.75 Å². The molecule has 4 unspecified atom stereocenters. The number of hydrogen-bond donors (Lipinski definition) is 0. The van der Waals surface area contributed by atoms with E-state index >= 15 is 0 Å². The maximum Gasteiger partial charge on any atom is 0.419 e. The zero-order valence-electron chi connectivity index (χ0n) is 19.3. The predicted octanol–water partition coefficient (Wildman–Crippen LogP) is 7.97. The number of hydrogen-bond acceptors (Lipinski definition) is 2. The van der Waals surface area contributed by atoms with Crippen LogP contribution in [0.1, 0.15) is 76.7 Å². The fourth-order valence-electron chi connectivity index (χ4n) is 6.65. The van der Waals surface area contributed by atoms with Crippen LogP contribution in [0.2, 0.25) is 0 Å². The molecule has 0 aliphatic heterocycles. The molecular formula is C27H34F4O2. The fraction of sp³-hybridized carbons (Fsp3) is 0.667. The van der Waals surface area contributed by atoms with E-state index < -0.39 is 23.5 Å². The second-order valence-corrected chi connectivity index (χ2v) is 10.4. The molecule has 33 heavy (non-hydrogen) atoms. The standard InChI is InChI=1S/C27H34F4O2/c1-2-3-17-4-5-22-15-21(11-10-20(22)14-17)18-6-8-19(9-7-18)26(32)33-23-12-13-24(25(28)16-23)27(29,30)31/h2-3,12-13,16-22H,4-11,14-15H2,1H3/b3-2+. The highest BCUT2D eigenvalue weighted by atomic mass is 19.4. The first-order valence-electron chi connectivity index (χ1n) is 12.5. The molecule has 0 aromatic heterocycles. The zero-order valence-corrected chi connectivity index (χ0v) is 19.3. The summed E-state index contributed by atoms with van der Waals surface area (Å²) in [6, 6.07) is 2.28. The lowest BCUT2D eigenvalue weighted by atomic mass is 9.61. The van der Waals surface area contributed by atoms with Crippen molar-refractivity contribution in [1.82, 2.24) is 0 Å². The smallest absolute Gasteiger partial charge is 0.419 e. The third-order valence-corrected chi connectivity index (χ3v) is 8.40. The molecule has 6 heteroatoms. The van der Waals surface area contributed by atoms with Gasteiger partial charge in [-0.2, -0.15) is 13.2 Å². The van der Waals surface area contributed by atoms with Crippen molar-refractivity contribution in [3.63, 3.8) is 0 Å². The van der Waals surface area contributed by atoms with Crippen molar-refractivity contribution in [3.05, 3.63) is 41.7 Å². The molecule has 3 aliphatic carbocycles. The molecule has 4 rings (SSSR count). The van der Waals surface area contributed by atoms with Crippen LogP contribution in [-0.2, 0) is 11.0 Å². The van der Waals surface area contributed by atoms with Gasteiger partial charge in [0.1, 0.15) is 11.6 Å². The van der Waals surface area contributed by atoms with Gasteiger partial charge in [-0.25, -0.2) is 4.39 Å². The van der Waals surface area contributed by atoms with Crippen molar-refractivity contribution in [2.45, 2.75) is 77.3 Å². The predicted molar refractivity (Wildman–Crippen MR) is 119 cm³/mol. The Morgan fingerprint density at radius 3 is 2.15 bits per heavy atom. The third kappa shape index (κ3) is 5.81. The van der Waals surface area contributed by atoms with Gasteiger partial charge in [0.15, 0.2) is 0 Å². The minimum Gasteiger partial charge on any atom is -0.426 e. The molecule has 0 saturated heterocycles. The quantitative estimate of drug-likeness (QED) is 0.195. The van der Waals surface area contributed by atoms with Crippen molar-refractivity contribution >= 4 is 5.97 Å². The summed E-state index contributed by atoms with van der Waals surface area (Å²) in [5.74, 6) is 1.54. The number of carbonyl (C=O) groups excluding carboxylic acids is 1. The average Bonchev–Trinajstić information content (AvgIpc) is 2.78. The number of halogens is 4. The van der Waals surface area contributed by atoms with Crippen LogP contribution in [0.25, 0.3) is 0 Å². The first kappa shape index (κ1) is 24.3. The van der Waals surface area contributed by atoms with Crippen LogP contribution in [0, 0.1) is 41.3 Å². The van der Waals surface area contributed by atoms with Crippen molar-refractivity contribution in [3.8, 4) is 5.75 Å². The fourth-order valence-corrected chi connectivity index (χ4v) is 6.65. The molecule has 2 nitrogen and oxygen atoms in total. The Morgan fingerprint density at radius 1 is 0.909 bits per heavy atom. The second kappa shape index (κ2) is 10.2. The normalized spacial score (nSPS) is 33.0. The summed E-state index contributed by atoms with van der Waals surface area (Å²) >= 11 is 0. The summed E-state index contributed by atoms with van der Waals surface area (Å²) in [7, 11) is 0. The van der Waals surface area contributed by atoms with Gasteiger partial charge in [-0.1, -0.05) is 12.2 Å². The van der Waals surface area contributed by atoms with Gasteiger partial charge in [0.05, 0.1) is 11.5 Å². The van der Waals surface area contributed by atoms with Gasteiger partial charge in [0, 0.05) is 6.07 Å². The summed E-state index contributed by atoms with van der Waals surface area (Å²) in [5.41, 5.74) is -1.35. The van der Waals surface area contributed by atoms with Crippen LogP contribution in [0.15, 0.2) is 30.4 Å². The highest BCUT2D eigenvalue weighted by molar-refractivity contribution is 5.75. The number of carbonyl (C=O) groups is 1. The van der Waals surface area contributed by atoms with Gasteiger partial charge >= 0.3 is 12.1 Å². The van der Waals surface area contributed by atoms with E-state index in [-0.39, 0.29) is 11.7 Å². The Hall–Kier alpha value is -1.85. The number of rotatable bonds is 4. The van der Waals surface area contributed by atoms with Crippen molar-refractivity contribution in [1.29, 1.82) is 0 Å². The topological polar surface area (TPSA) is 26.3 Å². The molecule has 0 radical (unpaired) electrons. The Morgan fingerprint density at radius 2 is 1.52 bits per heavy atom. The van der Waals surface area contributed by atoms with E-state index in [1.165, 1.54) is 38.5 Å². The molecule has 3 aliphatic rings. The van der Waals surface area contributed by atoms with Gasteiger partial charge in [0.2, 0.25) is 0 Å². The molecule has 3 fully saturated rings. The maximum absolute atomic E-state index is 13.8. The van der Waals surface area contributed by atoms with Crippen molar-refractivity contribution < 1.29 is 27.1 Å². The van der Waals surface area contributed by atoms with E-state index in [0.29, 0.717) is 18.1 Å². The van der Waals surface area contributed by atoms with E-state index in [9.17, 15) is 22.4 Å². The number of allylic oxidation sites excluding steroid dienone is 2. The van der Waals surface area contributed by atoms with Gasteiger partial charge in [0.25, 0.3) is 0 Å². The second-order valence-electron chi connectivity index (χ2n) is 10.4. The first-order chi connectivity index (χ1) is 15.7. The summed E-state index contributed by atoms with van der Waals surface area (Å²) in [6.45, 7) is 2.11. The molecule has 182 valence electrons. The van der Waals surface area contributed by atoms with E-state index in [4.69, 9.17) is 4.74 Å². The zero-order chi connectivity index (χ0) is 23.6. The SMILES string of the molecule is C/C=C/C1CCC2CC(C3CCC(C(=O)Oc4ccc(C(F)(F)F)c(F)c4)CC3)CCC2C1. The lowest BCUT2D eigenvalue weighted by Gasteiger charge is -2.45. The molecule has 4 atom stereocenters. The van der Waals surface area contributed by atoms with Crippen LogP contribution in [0.3, 0.4) is 0 Å². The largest absolute Gasteiger partial charge is 0.426 e. The molecule has 3 saturated carbocycles. The Balaban J connectivity index is 1.25. The Labute approximate surface area is 193 Å². The third-order valence-electron chi connectivity index (χ3n) is 8.40. The highest BCUT2D eigenvalue weighted by Crippen LogP contribution is 2.49. The number of esters is 1. The van der Waals surface area contributed by atoms with Gasteiger partial charge < -0.3 is 4.74 Å². The summed E-state index contributed by atoms with van der Waals surface area (Å²) < 4.78 is 57.1. The highest BCUT2D eigenvalue weighted by Gasteiger charge is 2.39. The average molecular weight is 467 g/mol. The molecule has 0 N–H and O–H groups in total. The van der Waals surface area contributed by atoms with Gasteiger partial charge in [-0.3, -0.25) is 4.79 Å². The van der Waals surface area contributed by atoms with Gasteiger partial charge in [-0.15, -0.1) is 0 Å². The lowest BCUT2D eigenvalue weighted by Crippen LogP contribution is -2.35. The van der Waals surface area contributed by atoms with Crippen LogP contribution in [0.4, 0.5) is 17.6 Å². The van der Waals surface area contributed by atoms with Crippen molar-refractivity contribution in [2.24, 2.45) is 35.5 Å².